The van der Waals surface area contributed by atoms with Crippen molar-refractivity contribution in [1.29, 1.82) is 0 Å². The highest BCUT2D eigenvalue weighted by Crippen LogP contribution is 2.29. The monoisotopic (exact) mass is 397 g/mol. The number of rotatable bonds is 5. The highest BCUT2D eigenvalue weighted by atomic mass is 19.4. The zero-order valence-electron chi connectivity index (χ0n) is 14.8. The molecule has 8 nitrogen and oxygen atoms in total. The molecule has 11 heteroatoms. The molecule has 1 aliphatic heterocycles. The van der Waals surface area contributed by atoms with Crippen molar-refractivity contribution in [1.82, 2.24) is 25.4 Å². The third-order valence-electron chi connectivity index (χ3n) is 4.15. The Hall–Kier alpha value is -3.11. The molecule has 2 amide bonds. The van der Waals surface area contributed by atoms with Crippen LogP contribution < -0.4 is 15.6 Å². The van der Waals surface area contributed by atoms with Gasteiger partial charge >= 0.3 is 12.2 Å². The Morgan fingerprint density at radius 3 is 2.89 bits per heavy atom. The molecule has 0 aliphatic carbocycles. The Kier molecular flexibility index (Phi) is 5.81. The van der Waals surface area contributed by atoms with Gasteiger partial charge in [-0.25, -0.2) is 14.9 Å². The van der Waals surface area contributed by atoms with Crippen molar-refractivity contribution in [3.63, 3.8) is 0 Å². The van der Waals surface area contributed by atoms with Gasteiger partial charge in [0.2, 0.25) is 5.88 Å². The van der Waals surface area contributed by atoms with E-state index in [4.69, 9.17) is 4.74 Å². The molecule has 2 aromatic heterocycles. The quantitative estimate of drug-likeness (QED) is 0.749. The molecular weight excluding hydrogens is 379 g/mol. The van der Waals surface area contributed by atoms with E-state index in [1.807, 2.05) is 0 Å². The molecule has 0 radical (unpaired) electrons. The summed E-state index contributed by atoms with van der Waals surface area (Å²) in [5.41, 5.74) is 0.352. The van der Waals surface area contributed by atoms with E-state index in [1.165, 1.54) is 6.07 Å². The average Bonchev–Trinajstić information content (AvgIpc) is 2.66. The lowest BCUT2D eigenvalue weighted by Gasteiger charge is -2.27. The minimum Gasteiger partial charge on any atom is -0.478 e. The minimum absolute atomic E-state index is 0.0877. The average molecular weight is 397 g/mol. The van der Waals surface area contributed by atoms with Gasteiger partial charge in [0.05, 0.1) is 17.9 Å². The van der Waals surface area contributed by atoms with Crippen LogP contribution in [-0.2, 0) is 19.1 Å². The number of alkyl halides is 3. The van der Waals surface area contributed by atoms with Crippen LogP contribution in [0, 0.1) is 0 Å². The number of carbonyl (C=O) groups excluding carboxylic acids is 1. The second kappa shape index (κ2) is 8.28. The van der Waals surface area contributed by atoms with E-state index in [-0.39, 0.29) is 24.1 Å². The molecule has 0 unspecified atom stereocenters. The van der Waals surface area contributed by atoms with E-state index in [0.29, 0.717) is 38.7 Å². The molecule has 0 aromatic carbocycles. The van der Waals surface area contributed by atoms with E-state index >= 15 is 0 Å². The van der Waals surface area contributed by atoms with Crippen molar-refractivity contribution >= 4 is 6.03 Å². The molecule has 0 spiro atoms. The highest BCUT2D eigenvalue weighted by Gasteiger charge is 2.30. The van der Waals surface area contributed by atoms with E-state index in [9.17, 15) is 22.8 Å². The fourth-order valence-electron chi connectivity index (χ4n) is 2.71. The number of halogens is 3. The van der Waals surface area contributed by atoms with Gasteiger partial charge in [-0.2, -0.15) is 18.3 Å². The van der Waals surface area contributed by atoms with Gasteiger partial charge in [0.1, 0.15) is 0 Å². The molecular formula is C17H18F3N5O3. The SMILES string of the molecule is O=C(NCCCOc1ccc(C(F)(F)F)cn1)N1CCc2n[nH]c(=O)cc2C1. The van der Waals surface area contributed by atoms with Crippen molar-refractivity contribution in [2.45, 2.75) is 25.6 Å². The van der Waals surface area contributed by atoms with Gasteiger partial charge < -0.3 is 15.0 Å². The summed E-state index contributed by atoms with van der Waals surface area (Å²) in [5.74, 6) is 0.0877. The normalized spacial score (nSPS) is 13.8. The van der Waals surface area contributed by atoms with Gasteiger partial charge in [-0.15, -0.1) is 0 Å². The summed E-state index contributed by atoms with van der Waals surface area (Å²) >= 11 is 0. The third kappa shape index (κ3) is 4.99. The third-order valence-corrected chi connectivity index (χ3v) is 4.15. The highest BCUT2D eigenvalue weighted by molar-refractivity contribution is 5.74. The van der Waals surface area contributed by atoms with Gasteiger partial charge in [0.25, 0.3) is 5.56 Å². The zero-order valence-corrected chi connectivity index (χ0v) is 14.8. The standard InChI is InChI=1S/C17H18F3N5O3/c18-17(19,20)12-2-3-15(22-9-12)28-7-1-5-21-16(27)25-6-4-13-11(10-25)8-14(26)24-23-13/h2-3,8-9H,1,4-7,10H2,(H,21,27)(H,24,26). The Morgan fingerprint density at radius 2 is 2.18 bits per heavy atom. The number of pyridine rings is 1. The van der Waals surface area contributed by atoms with Crippen LogP contribution in [0.2, 0.25) is 0 Å². The maximum atomic E-state index is 12.5. The predicted molar refractivity (Wildman–Crippen MR) is 91.7 cm³/mol. The number of nitrogens with zero attached hydrogens (tertiary/aromatic N) is 3. The lowest BCUT2D eigenvalue weighted by Crippen LogP contribution is -2.43. The van der Waals surface area contributed by atoms with Crippen LogP contribution in [0.3, 0.4) is 0 Å². The molecule has 0 saturated heterocycles. The van der Waals surface area contributed by atoms with Crippen molar-refractivity contribution in [2.24, 2.45) is 0 Å². The van der Waals surface area contributed by atoms with E-state index in [2.05, 4.69) is 20.5 Å². The maximum Gasteiger partial charge on any atom is 0.417 e. The minimum atomic E-state index is -4.44. The van der Waals surface area contributed by atoms with Gasteiger partial charge in [-0.3, -0.25) is 4.79 Å². The number of urea groups is 1. The molecule has 150 valence electrons. The molecule has 2 aromatic rings. The summed E-state index contributed by atoms with van der Waals surface area (Å²) in [7, 11) is 0. The number of amides is 2. The van der Waals surface area contributed by atoms with Gasteiger partial charge in [0.15, 0.2) is 0 Å². The zero-order chi connectivity index (χ0) is 20.1. The smallest absolute Gasteiger partial charge is 0.417 e. The lowest BCUT2D eigenvalue weighted by molar-refractivity contribution is -0.137. The van der Waals surface area contributed by atoms with E-state index < -0.39 is 11.7 Å². The summed E-state index contributed by atoms with van der Waals surface area (Å²) in [6.45, 7) is 1.32. The van der Waals surface area contributed by atoms with Gasteiger partial charge in [-0.05, 0) is 12.5 Å². The van der Waals surface area contributed by atoms with Crippen molar-refractivity contribution in [2.75, 3.05) is 19.7 Å². The van der Waals surface area contributed by atoms with Crippen molar-refractivity contribution < 1.29 is 22.7 Å². The number of ether oxygens (including phenoxy) is 1. The summed E-state index contributed by atoms with van der Waals surface area (Å²) in [5, 5.41) is 9.09. The Morgan fingerprint density at radius 1 is 1.36 bits per heavy atom. The number of fused-ring (bicyclic) bond motifs is 1. The first-order chi connectivity index (χ1) is 13.3. The second-order valence-corrected chi connectivity index (χ2v) is 6.19. The fraction of sp³-hybridized carbons (Fsp3) is 0.412. The molecule has 0 fully saturated rings. The summed E-state index contributed by atoms with van der Waals surface area (Å²) in [6, 6.07) is 3.23. The molecule has 1 aliphatic rings. The van der Waals surface area contributed by atoms with Crippen LogP contribution in [0.5, 0.6) is 5.88 Å². The summed E-state index contributed by atoms with van der Waals surface area (Å²) < 4.78 is 42.6. The van der Waals surface area contributed by atoms with E-state index in [0.717, 1.165) is 23.4 Å². The van der Waals surface area contributed by atoms with Crippen LogP contribution in [0.4, 0.5) is 18.0 Å². The molecule has 0 saturated carbocycles. The summed E-state index contributed by atoms with van der Waals surface area (Å²) in [6.07, 6.45) is -2.71. The molecule has 3 rings (SSSR count). The first-order valence-electron chi connectivity index (χ1n) is 8.59. The lowest BCUT2D eigenvalue weighted by atomic mass is 10.1. The molecule has 3 heterocycles. The van der Waals surface area contributed by atoms with Gasteiger partial charge in [0, 0.05) is 49.9 Å². The number of hydrogen-bond donors (Lipinski definition) is 2. The van der Waals surface area contributed by atoms with Crippen molar-refractivity contribution in [3.8, 4) is 5.88 Å². The topological polar surface area (TPSA) is 100 Å². The number of carbonyl (C=O) groups is 1. The molecule has 0 atom stereocenters. The Balaban J connectivity index is 1.38. The van der Waals surface area contributed by atoms with Gasteiger partial charge in [-0.1, -0.05) is 0 Å². The summed E-state index contributed by atoms with van der Waals surface area (Å²) in [4.78, 5) is 28.7. The van der Waals surface area contributed by atoms with Crippen molar-refractivity contribution in [3.05, 3.63) is 51.6 Å². The fourth-order valence-corrected chi connectivity index (χ4v) is 2.71. The number of hydrogen-bond acceptors (Lipinski definition) is 5. The van der Waals surface area contributed by atoms with Crippen LogP contribution in [0.15, 0.2) is 29.2 Å². The Bertz CT molecular complexity index is 883. The van der Waals surface area contributed by atoms with Crippen LogP contribution >= 0.6 is 0 Å². The maximum absolute atomic E-state index is 12.5. The molecule has 28 heavy (non-hydrogen) atoms. The second-order valence-electron chi connectivity index (χ2n) is 6.19. The number of aromatic amines is 1. The largest absolute Gasteiger partial charge is 0.478 e. The van der Waals surface area contributed by atoms with E-state index in [1.54, 1.807) is 4.90 Å². The van der Waals surface area contributed by atoms with Crippen LogP contribution in [-0.4, -0.2) is 45.8 Å². The number of aromatic nitrogens is 3. The number of H-pyrrole nitrogens is 1. The van der Waals surface area contributed by atoms with Crippen LogP contribution in [0.1, 0.15) is 23.2 Å². The molecule has 0 bridgehead atoms. The Labute approximate surface area is 157 Å². The predicted octanol–water partition coefficient (Wildman–Crippen LogP) is 1.72. The number of nitrogens with one attached hydrogen (secondary N) is 2. The first kappa shape index (κ1) is 19.6. The van der Waals surface area contributed by atoms with Crippen LogP contribution in [0.25, 0.3) is 0 Å². The first-order valence-corrected chi connectivity index (χ1v) is 8.59. The molecule has 2 N–H and O–H groups in total.